The zero-order valence-electron chi connectivity index (χ0n) is 19.6. The first-order chi connectivity index (χ1) is 17.0. The van der Waals surface area contributed by atoms with E-state index in [9.17, 15) is 22.8 Å². The van der Waals surface area contributed by atoms with Crippen molar-refractivity contribution in [2.24, 2.45) is 0 Å². The van der Waals surface area contributed by atoms with Gasteiger partial charge in [-0.25, -0.2) is 19.6 Å². The molecule has 0 unspecified atom stereocenters. The predicted octanol–water partition coefficient (Wildman–Crippen LogP) is 5.18. The Bertz CT molecular complexity index is 1520. The van der Waals surface area contributed by atoms with Crippen LogP contribution in [0.4, 0.5) is 13.2 Å². The largest absolute Gasteiger partial charge is 0.487 e. The van der Waals surface area contributed by atoms with Crippen LogP contribution in [0.3, 0.4) is 0 Å². The minimum Gasteiger partial charge on any atom is -0.487 e. The number of aromatic amines is 1. The highest BCUT2D eigenvalue weighted by Crippen LogP contribution is 2.31. The van der Waals surface area contributed by atoms with Crippen molar-refractivity contribution in [3.05, 3.63) is 97.7 Å². The molecule has 2 heterocycles. The lowest BCUT2D eigenvalue weighted by atomic mass is 10.00. The van der Waals surface area contributed by atoms with Crippen LogP contribution in [0.15, 0.2) is 72.8 Å². The molecule has 8 nitrogen and oxygen atoms in total. The fourth-order valence-electron chi connectivity index (χ4n) is 3.51. The third kappa shape index (κ3) is 5.68. The van der Waals surface area contributed by atoms with Gasteiger partial charge in [0, 0.05) is 5.56 Å². The van der Waals surface area contributed by atoms with Crippen molar-refractivity contribution >= 4 is 5.57 Å². The minimum absolute atomic E-state index is 0.0820. The minimum atomic E-state index is -4.41. The van der Waals surface area contributed by atoms with Gasteiger partial charge in [0.05, 0.1) is 12.1 Å². The van der Waals surface area contributed by atoms with Gasteiger partial charge in [0.1, 0.15) is 24.3 Å². The lowest BCUT2D eigenvalue weighted by Crippen LogP contribution is -2.17. The summed E-state index contributed by atoms with van der Waals surface area (Å²) in [4.78, 5) is 29.3. The van der Waals surface area contributed by atoms with Gasteiger partial charge in [0.25, 0.3) is 0 Å². The van der Waals surface area contributed by atoms with Crippen LogP contribution in [-0.4, -0.2) is 14.7 Å². The fourth-order valence-corrected chi connectivity index (χ4v) is 3.51. The van der Waals surface area contributed by atoms with Crippen LogP contribution in [0.25, 0.3) is 17.0 Å². The quantitative estimate of drug-likeness (QED) is 0.374. The van der Waals surface area contributed by atoms with Crippen molar-refractivity contribution < 1.29 is 26.8 Å². The summed E-state index contributed by atoms with van der Waals surface area (Å²) in [5.41, 5.74) is 3.01. The zero-order chi connectivity index (χ0) is 26.0. The molecule has 11 heteroatoms. The normalized spacial score (nSPS) is 12.5. The van der Waals surface area contributed by atoms with E-state index in [2.05, 4.69) is 4.98 Å². The van der Waals surface area contributed by atoms with E-state index < -0.39 is 23.2 Å². The molecule has 0 spiro atoms. The van der Waals surface area contributed by atoms with E-state index in [4.69, 9.17) is 13.7 Å². The molecule has 188 valence electrons. The average molecular weight is 501 g/mol. The number of aromatic nitrogens is 3. The molecule has 0 atom stereocenters. The number of rotatable bonds is 7. The number of halogens is 3. The highest BCUT2D eigenvalue weighted by molar-refractivity contribution is 5.68. The molecule has 0 fully saturated rings. The Hall–Kier alpha value is -4.28. The highest BCUT2D eigenvalue weighted by Gasteiger charge is 2.30. The number of alkyl halides is 3. The van der Waals surface area contributed by atoms with Crippen LogP contribution >= 0.6 is 0 Å². The number of benzene rings is 2. The fraction of sp³-hybridized carbons (Fsp3) is 0.240. The second-order valence-electron chi connectivity index (χ2n) is 8.29. The Morgan fingerprint density at radius 1 is 1.11 bits per heavy atom. The number of nitrogens with one attached hydrogen (secondary N) is 1. The molecule has 0 aliphatic heterocycles. The molecular formula is C25H22F3N3O5. The van der Waals surface area contributed by atoms with Crippen LogP contribution in [0.2, 0.25) is 0 Å². The van der Waals surface area contributed by atoms with Gasteiger partial charge in [0.15, 0.2) is 0 Å². The molecule has 4 rings (SSSR count). The predicted molar refractivity (Wildman–Crippen MR) is 124 cm³/mol. The van der Waals surface area contributed by atoms with Crippen molar-refractivity contribution in [3.63, 3.8) is 0 Å². The molecule has 2 aromatic carbocycles. The molecule has 0 radical (unpaired) electrons. The lowest BCUT2D eigenvalue weighted by molar-refractivity contribution is -0.137. The summed E-state index contributed by atoms with van der Waals surface area (Å²) in [7, 11) is 0. The molecule has 2 aromatic heterocycles. The molecule has 0 aliphatic carbocycles. The number of ether oxygens (including phenoxy) is 1. The van der Waals surface area contributed by atoms with Crippen LogP contribution in [0.1, 0.15) is 36.2 Å². The Morgan fingerprint density at radius 2 is 1.83 bits per heavy atom. The van der Waals surface area contributed by atoms with E-state index in [-0.39, 0.29) is 19.0 Å². The van der Waals surface area contributed by atoms with E-state index in [1.807, 2.05) is 44.0 Å². The SMILES string of the molecule is CC(Cn1oc(=O)[nH]c1=O)=C(C)c1cc(C)cc(OCc2coc(-c3ccc(C(F)(F)F)cc3)n2)c1. The van der Waals surface area contributed by atoms with Gasteiger partial charge < -0.3 is 13.7 Å². The van der Waals surface area contributed by atoms with E-state index in [1.54, 1.807) is 0 Å². The van der Waals surface area contributed by atoms with Crippen LogP contribution < -0.4 is 16.2 Å². The van der Waals surface area contributed by atoms with E-state index in [1.165, 1.54) is 18.4 Å². The maximum absolute atomic E-state index is 12.8. The summed E-state index contributed by atoms with van der Waals surface area (Å²) in [5, 5.41) is 0. The summed E-state index contributed by atoms with van der Waals surface area (Å²) in [6.07, 6.45) is -3.02. The molecular weight excluding hydrogens is 479 g/mol. The van der Waals surface area contributed by atoms with Gasteiger partial charge in [-0.15, -0.1) is 4.74 Å². The zero-order valence-corrected chi connectivity index (χ0v) is 19.6. The van der Waals surface area contributed by atoms with E-state index >= 15 is 0 Å². The Kier molecular flexibility index (Phi) is 6.73. The number of oxazole rings is 1. The maximum Gasteiger partial charge on any atom is 0.440 e. The van der Waals surface area contributed by atoms with E-state index in [0.29, 0.717) is 17.0 Å². The molecule has 0 saturated carbocycles. The van der Waals surface area contributed by atoms with Gasteiger partial charge in [-0.2, -0.15) is 13.2 Å². The first-order valence-electron chi connectivity index (χ1n) is 10.8. The van der Waals surface area contributed by atoms with Gasteiger partial charge in [0.2, 0.25) is 5.89 Å². The topological polar surface area (TPSA) is 103 Å². The van der Waals surface area contributed by atoms with Crippen molar-refractivity contribution in [1.82, 2.24) is 14.7 Å². The standard InChI is InChI=1S/C25H22F3N3O5/c1-14-8-18(16(3)15(2)11-31-23(32)30-24(33)36-31)10-21(9-14)34-12-20-13-35-22(29-20)17-4-6-19(7-5-17)25(26,27)28/h4-10,13H,11-12H2,1-3H3,(H,30,32,33). The van der Waals surface area contributed by atoms with Gasteiger partial charge in [-0.3, -0.25) is 0 Å². The summed E-state index contributed by atoms with van der Waals surface area (Å²) in [6, 6.07) is 10.2. The highest BCUT2D eigenvalue weighted by atomic mass is 19.4. The van der Waals surface area contributed by atoms with Crippen molar-refractivity contribution in [2.75, 3.05) is 0 Å². The summed E-state index contributed by atoms with van der Waals surface area (Å²) >= 11 is 0. The summed E-state index contributed by atoms with van der Waals surface area (Å²) < 4.78 is 55.4. The van der Waals surface area contributed by atoms with Crippen LogP contribution in [0.5, 0.6) is 5.75 Å². The second-order valence-corrected chi connectivity index (χ2v) is 8.29. The first-order valence-corrected chi connectivity index (χ1v) is 10.8. The van der Waals surface area contributed by atoms with Crippen molar-refractivity contribution in [2.45, 2.75) is 40.1 Å². The molecule has 4 aromatic rings. The smallest absolute Gasteiger partial charge is 0.440 e. The number of aryl methyl sites for hydroxylation is 1. The van der Waals surface area contributed by atoms with Gasteiger partial charge in [-0.05, 0) is 79.4 Å². The average Bonchev–Trinajstić information content (AvgIpc) is 3.42. The Balaban J connectivity index is 1.47. The van der Waals surface area contributed by atoms with Crippen LogP contribution in [-0.2, 0) is 19.3 Å². The summed E-state index contributed by atoms with van der Waals surface area (Å²) in [6.45, 7) is 5.82. The maximum atomic E-state index is 12.8. The van der Waals surface area contributed by atoms with Crippen molar-refractivity contribution in [3.8, 4) is 17.2 Å². The molecule has 36 heavy (non-hydrogen) atoms. The Labute approximate surface area is 202 Å². The number of hydrogen-bond donors (Lipinski definition) is 1. The second kappa shape index (κ2) is 9.76. The third-order valence-electron chi connectivity index (χ3n) is 5.53. The first kappa shape index (κ1) is 24.8. The lowest BCUT2D eigenvalue weighted by Gasteiger charge is -2.12. The monoisotopic (exact) mass is 501 g/mol. The summed E-state index contributed by atoms with van der Waals surface area (Å²) in [5.74, 6) is -0.0547. The van der Waals surface area contributed by atoms with Crippen molar-refractivity contribution in [1.29, 1.82) is 0 Å². The molecule has 0 bridgehead atoms. The van der Waals surface area contributed by atoms with Crippen LogP contribution in [0, 0.1) is 6.92 Å². The molecule has 0 saturated heterocycles. The molecule has 0 amide bonds. The van der Waals surface area contributed by atoms with Gasteiger partial charge >= 0.3 is 17.6 Å². The van der Waals surface area contributed by atoms with E-state index in [0.717, 1.165) is 39.1 Å². The third-order valence-corrected chi connectivity index (χ3v) is 5.53. The molecule has 0 aliphatic rings. The number of nitrogens with zero attached hydrogens (tertiary/aromatic N) is 2. The Morgan fingerprint density at radius 3 is 2.47 bits per heavy atom. The van der Waals surface area contributed by atoms with Gasteiger partial charge in [-0.1, -0.05) is 6.07 Å². The number of H-pyrrole nitrogens is 1. The molecule has 1 N–H and O–H groups in total. The number of allylic oxidation sites excluding steroid dienone is 2. The number of hydrogen-bond acceptors (Lipinski definition) is 6.